The summed E-state index contributed by atoms with van der Waals surface area (Å²) in [4.78, 5) is 14.7. The molecule has 0 aromatic heterocycles. The summed E-state index contributed by atoms with van der Waals surface area (Å²) in [7, 11) is 1.78. The molecule has 1 aliphatic heterocycles. The van der Waals surface area contributed by atoms with Gasteiger partial charge in [-0.1, -0.05) is 6.42 Å². The van der Waals surface area contributed by atoms with E-state index >= 15 is 0 Å². The highest BCUT2D eigenvalue weighted by Gasteiger charge is 2.36. The predicted octanol–water partition coefficient (Wildman–Crippen LogP) is 3.03. The van der Waals surface area contributed by atoms with Gasteiger partial charge in [-0.15, -0.1) is 0 Å². The topological polar surface area (TPSA) is 29.5 Å². The molecule has 2 rings (SSSR count). The van der Waals surface area contributed by atoms with Crippen LogP contribution in [0.5, 0.6) is 0 Å². The van der Waals surface area contributed by atoms with Gasteiger partial charge in [-0.05, 0) is 52.5 Å². The Balaban J connectivity index is 1.91. The molecule has 1 heterocycles. The number of hydrogen-bond donors (Lipinski definition) is 0. The Kier molecular flexibility index (Phi) is 5.02. The number of hydrogen-bond acceptors (Lipinski definition) is 3. The molecule has 0 radical (unpaired) electrons. The molecular weight excluding hydrogens is 238 g/mol. The number of Topliss-reactive ketones (excluding diaryl/α,β-unsaturated/α-hetero) is 1. The minimum atomic E-state index is -0.0519. The van der Waals surface area contributed by atoms with Gasteiger partial charge in [-0.3, -0.25) is 9.69 Å². The highest BCUT2D eigenvalue weighted by molar-refractivity contribution is 5.82. The van der Waals surface area contributed by atoms with Crippen LogP contribution < -0.4 is 0 Å². The Morgan fingerprint density at radius 2 is 2.05 bits per heavy atom. The zero-order chi connectivity index (χ0) is 13.9. The Hall–Kier alpha value is -0.410. The SMILES string of the molecule is COC(C)(C)CCN1CCCC1C1CCCCC1=O. The highest BCUT2D eigenvalue weighted by atomic mass is 16.5. The lowest BCUT2D eigenvalue weighted by Gasteiger charge is -2.34. The smallest absolute Gasteiger partial charge is 0.137 e. The van der Waals surface area contributed by atoms with Crippen molar-refractivity contribution in [1.82, 2.24) is 4.90 Å². The lowest BCUT2D eigenvalue weighted by molar-refractivity contribution is -0.126. The van der Waals surface area contributed by atoms with Crippen molar-refractivity contribution in [2.75, 3.05) is 20.2 Å². The van der Waals surface area contributed by atoms with E-state index in [0.717, 1.165) is 38.8 Å². The first-order chi connectivity index (χ1) is 9.03. The summed E-state index contributed by atoms with van der Waals surface area (Å²) in [6.45, 7) is 6.51. The van der Waals surface area contributed by atoms with Gasteiger partial charge in [0.15, 0.2) is 0 Å². The van der Waals surface area contributed by atoms with Gasteiger partial charge in [0.25, 0.3) is 0 Å². The van der Waals surface area contributed by atoms with Gasteiger partial charge < -0.3 is 4.74 Å². The molecule has 0 aromatic carbocycles. The van der Waals surface area contributed by atoms with Crippen LogP contribution in [0, 0.1) is 5.92 Å². The van der Waals surface area contributed by atoms with Crippen molar-refractivity contribution < 1.29 is 9.53 Å². The Morgan fingerprint density at radius 3 is 2.74 bits per heavy atom. The number of carbonyl (C=O) groups excluding carboxylic acids is 1. The molecule has 3 nitrogen and oxygen atoms in total. The standard InChI is InChI=1S/C16H29NO2/c1-16(2,19-3)10-12-17-11-6-8-14(17)13-7-4-5-9-15(13)18/h13-14H,4-12H2,1-3H3. The third-order valence-electron chi connectivity index (χ3n) is 5.03. The van der Waals surface area contributed by atoms with Crippen LogP contribution in [0.15, 0.2) is 0 Å². The zero-order valence-corrected chi connectivity index (χ0v) is 12.8. The number of likely N-dealkylation sites (tertiary alicyclic amines) is 1. The molecule has 1 saturated heterocycles. The minimum absolute atomic E-state index is 0.0519. The van der Waals surface area contributed by atoms with E-state index in [-0.39, 0.29) is 5.60 Å². The van der Waals surface area contributed by atoms with Crippen LogP contribution in [0.1, 0.15) is 58.8 Å². The normalized spacial score (nSPS) is 29.9. The third kappa shape index (κ3) is 3.79. The van der Waals surface area contributed by atoms with Gasteiger partial charge in [-0.2, -0.15) is 0 Å². The van der Waals surface area contributed by atoms with Gasteiger partial charge in [0.1, 0.15) is 5.78 Å². The largest absolute Gasteiger partial charge is 0.379 e. The van der Waals surface area contributed by atoms with E-state index in [4.69, 9.17) is 4.74 Å². The van der Waals surface area contributed by atoms with Crippen LogP contribution in [0.3, 0.4) is 0 Å². The molecule has 2 fully saturated rings. The summed E-state index contributed by atoms with van der Waals surface area (Å²) in [6.07, 6.45) is 7.79. The maximum atomic E-state index is 12.1. The minimum Gasteiger partial charge on any atom is -0.379 e. The van der Waals surface area contributed by atoms with E-state index in [1.807, 2.05) is 0 Å². The molecule has 3 heteroatoms. The molecule has 0 N–H and O–H groups in total. The van der Waals surface area contributed by atoms with Gasteiger partial charge in [-0.25, -0.2) is 0 Å². The number of ether oxygens (including phenoxy) is 1. The lowest BCUT2D eigenvalue weighted by Crippen LogP contribution is -2.42. The fourth-order valence-electron chi connectivity index (χ4n) is 3.52. The summed E-state index contributed by atoms with van der Waals surface area (Å²) < 4.78 is 5.51. The molecule has 1 saturated carbocycles. The molecule has 0 amide bonds. The second-order valence-electron chi connectivity index (χ2n) is 6.78. The summed E-state index contributed by atoms with van der Waals surface area (Å²) in [5.74, 6) is 0.844. The maximum absolute atomic E-state index is 12.1. The van der Waals surface area contributed by atoms with E-state index in [1.165, 1.54) is 19.3 Å². The van der Waals surface area contributed by atoms with Crippen LogP contribution in [-0.2, 0) is 9.53 Å². The van der Waals surface area contributed by atoms with Crippen molar-refractivity contribution >= 4 is 5.78 Å². The van der Waals surface area contributed by atoms with E-state index in [9.17, 15) is 4.79 Å². The van der Waals surface area contributed by atoms with Crippen LogP contribution in [0.2, 0.25) is 0 Å². The van der Waals surface area contributed by atoms with Crippen molar-refractivity contribution in [1.29, 1.82) is 0 Å². The molecule has 2 aliphatic rings. The molecule has 110 valence electrons. The fraction of sp³-hybridized carbons (Fsp3) is 0.938. The predicted molar refractivity (Wildman–Crippen MR) is 77.3 cm³/mol. The lowest BCUT2D eigenvalue weighted by atomic mass is 9.81. The fourth-order valence-corrected chi connectivity index (χ4v) is 3.52. The van der Waals surface area contributed by atoms with Gasteiger partial charge in [0.05, 0.1) is 5.60 Å². The van der Waals surface area contributed by atoms with Gasteiger partial charge in [0.2, 0.25) is 0 Å². The molecule has 0 aromatic rings. The second-order valence-corrected chi connectivity index (χ2v) is 6.78. The maximum Gasteiger partial charge on any atom is 0.137 e. The summed E-state index contributed by atoms with van der Waals surface area (Å²) in [5.41, 5.74) is -0.0519. The molecule has 1 aliphatic carbocycles. The molecular formula is C16H29NO2. The van der Waals surface area contributed by atoms with Gasteiger partial charge >= 0.3 is 0 Å². The van der Waals surface area contributed by atoms with E-state index < -0.39 is 0 Å². The van der Waals surface area contributed by atoms with Crippen LogP contribution in [0.4, 0.5) is 0 Å². The average Bonchev–Trinajstić information content (AvgIpc) is 2.85. The zero-order valence-electron chi connectivity index (χ0n) is 12.8. The number of methoxy groups -OCH3 is 1. The van der Waals surface area contributed by atoms with Crippen molar-refractivity contribution in [3.63, 3.8) is 0 Å². The van der Waals surface area contributed by atoms with Crippen LogP contribution >= 0.6 is 0 Å². The number of nitrogens with zero attached hydrogens (tertiary/aromatic N) is 1. The first kappa shape index (κ1) is 15.0. The quantitative estimate of drug-likeness (QED) is 0.767. The van der Waals surface area contributed by atoms with Crippen molar-refractivity contribution in [3.05, 3.63) is 0 Å². The number of ketones is 1. The molecule has 0 bridgehead atoms. The van der Waals surface area contributed by atoms with Crippen molar-refractivity contribution in [3.8, 4) is 0 Å². The van der Waals surface area contributed by atoms with E-state index in [2.05, 4.69) is 18.7 Å². The van der Waals surface area contributed by atoms with E-state index in [1.54, 1.807) is 7.11 Å². The van der Waals surface area contributed by atoms with Crippen LogP contribution in [-0.4, -0.2) is 42.5 Å². The molecule has 2 atom stereocenters. The molecule has 2 unspecified atom stereocenters. The molecule has 0 spiro atoms. The van der Waals surface area contributed by atoms with E-state index in [0.29, 0.717) is 17.7 Å². The third-order valence-corrected chi connectivity index (χ3v) is 5.03. The summed E-state index contributed by atoms with van der Waals surface area (Å²) >= 11 is 0. The summed E-state index contributed by atoms with van der Waals surface area (Å²) in [6, 6.07) is 0.514. The van der Waals surface area contributed by atoms with Crippen molar-refractivity contribution in [2.45, 2.75) is 70.4 Å². The number of rotatable bonds is 5. The number of carbonyl (C=O) groups is 1. The Labute approximate surface area is 117 Å². The monoisotopic (exact) mass is 267 g/mol. The second kappa shape index (κ2) is 6.36. The van der Waals surface area contributed by atoms with Crippen molar-refractivity contribution in [2.24, 2.45) is 5.92 Å². The first-order valence-electron chi connectivity index (χ1n) is 7.85. The van der Waals surface area contributed by atoms with Gasteiger partial charge in [0, 0.05) is 32.0 Å². The van der Waals surface area contributed by atoms with Crippen LogP contribution in [0.25, 0.3) is 0 Å². The molecule has 19 heavy (non-hydrogen) atoms. The Morgan fingerprint density at radius 1 is 1.26 bits per heavy atom. The first-order valence-corrected chi connectivity index (χ1v) is 7.85. The average molecular weight is 267 g/mol. The highest BCUT2D eigenvalue weighted by Crippen LogP contribution is 2.32. The Bertz CT molecular complexity index is 314. The summed E-state index contributed by atoms with van der Waals surface area (Å²) in [5, 5.41) is 0.